The van der Waals surface area contributed by atoms with Crippen molar-refractivity contribution in [3.63, 3.8) is 0 Å². The molecule has 0 saturated heterocycles. The van der Waals surface area contributed by atoms with Gasteiger partial charge in [0.25, 0.3) is 0 Å². The molecule has 17 heavy (non-hydrogen) atoms. The lowest BCUT2D eigenvalue weighted by Crippen LogP contribution is -2.57. The molecule has 0 aliphatic carbocycles. The zero-order valence-electron chi connectivity index (χ0n) is 11.5. The predicted octanol–water partition coefficient (Wildman–Crippen LogP) is 0.604. The van der Waals surface area contributed by atoms with Gasteiger partial charge in [-0.25, -0.2) is 0 Å². The van der Waals surface area contributed by atoms with Gasteiger partial charge in [-0.05, 0) is 20.9 Å². The second-order valence-electron chi connectivity index (χ2n) is 4.82. The fraction of sp³-hybridized carbons (Fsp3) is 0.750. The molecule has 2 atom stereocenters. The summed E-state index contributed by atoms with van der Waals surface area (Å²) in [5.74, 6) is 0. The quantitative estimate of drug-likeness (QED) is 0.791. The standard InChI is InChI=1S/C12H24N4O/c1-10(17-5)12(2,9-13)15(3)7-11-6-14-16(4)8-11/h6,8,10H,7,9,13H2,1-5H3. The van der Waals surface area contributed by atoms with E-state index in [0.717, 1.165) is 6.54 Å². The van der Waals surface area contributed by atoms with E-state index in [1.807, 2.05) is 31.0 Å². The van der Waals surface area contributed by atoms with E-state index in [0.29, 0.717) is 6.54 Å². The summed E-state index contributed by atoms with van der Waals surface area (Å²) in [6, 6.07) is 0. The Bertz CT molecular complexity index is 352. The van der Waals surface area contributed by atoms with Crippen LogP contribution in [0, 0.1) is 0 Å². The number of nitrogens with zero attached hydrogens (tertiary/aromatic N) is 3. The molecule has 1 heterocycles. The third-order valence-corrected chi connectivity index (χ3v) is 3.69. The lowest BCUT2D eigenvalue weighted by molar-refractivity contribution is -0.0230. The molecule has 0 saturated carbocycles. The summed E-state index contributed by atoms with van der Waals surface area (Å²) in [6.07, 6.45) is 3.98. The number of rotatable bonds is 6. The Hall–Kier alpha value is -0.910. The van der Waals surface area contributed by atoms with E-state index >= 15 is 0 Å². The second-order valence-corrected chi connectivity index (χ2v) is 4.82. The van der Waals surface area contributed by atoms with Gasteiger partial charge in [0.2, 0.25) is 0 Å². The number of hydrogen-bond acceptors (Lipinski definition) is 4. The summed E-state index contributed by atoms with van der Waals surface area (Å²) >= 11 is 0. The Labute approximate surface area is 104 Å². The Kier molecular flexibility index (Phi) is 4.68. The molecule has 0 aliphatic rings. The van der Waals surface area contributed by atoms with Gasteiger partial charge in [-0.2, -0.15) is 5.10 Å². The van der Waals surface area contributed by atoms with Crippen molar-refractivity contribution < 1.29 is 4.74 Å². The molecule has 1 aromatic heterocycles. The van der Waals surface area contributed by atoms with Crippen LogP contribution in [0.25, 0.3) is 0 Å². The van der Waals surface area contributed by atoms with Crippen LogP contribution in [-0.4, -0.2) is 47.0 Å². The molecule has 0 amide bonds. The average Bonchev–Trinajstić information content (AvgIpc) is 2.72. The molecule has 5 nitrogen and oxygen atoms in total. The first kappa shape index (κ1) is 14.2. The number of aryl methyl sites for hydroxylation is 1. The summed E-state index contributed by atoms with van der Waals surface area (Å²) in [7, 11) is 5.70. The molecule has 2 N–H and O–H groups in total. The van der Waals surface area contributed by atoms with E-state index in [4.69, 9.17) is 10.5 Å². The number of nitrogens with two attached hydrogens (primary N) is 1. The van der Waals surface area contributed by atoms with Crippen molar-refractivity contribution in [3.05, 3.63) is 18.0 Å². The van der Waals surface area contributed by atoms with Crippen molar-refractivity contribution in [2.24, 2.45) is 12.8 Å². The van der Waals surface area contributed by atoms with Crippen molar-refractivity contribution in [1.29, 1.82) is 0 Å². The Morgan fingerprint density at radius 3 is 2.71 bits per heavy atom. The van der Waals surface area contributed by atoms with E-state index in [1.54, 1.807) is 7.11 Å². The maximum atomic E-state index is 5.90. The van der Waals surface area contributed by atoms with Gasteiger partial charge in [-0.15, -0.1) is 0 Å². The van der Waals surface area contributed by atoms with Gasteiger partial charge in [0, 0.05) is 39.0 Å². The molecular formula is C12H24N4O. The molecule has 98 valence electrons. The van der Waals surface area contributed by atoms with Crippen LogP contribution in [0.2, 0.25) is 0 Å². The van der Waals surface area contributed by atoms with Crippen LogP contribution in [0.5, 0.6) is 0 Å². The molecule has 2 unspecified atom stereocenters. The highest BCUT2D eigenvalue weighted by atomic mass is 16.5. The van der Waals surface area contributed by atoms with Gasteiger partial charge < -0.3 is 10.5 Å². The number of likely N-dealkylation sites (N-methyl/N-ethyl adjacent to an activating group) is 1. The molecule has 0 fully saturated rings. The van der Waals surface area contributed by atoms with E-state index in [9.17, 15) is 0 Å². The van der Waals surface area contributed by atoms with Crippen LogP contribution in [0.15, 0.2) is 12.4 Å². The van der Waals surface area contributed by atoms with Crippen LogP contribution in [0.3, 0.4) is 0 Å². The van der Waals surface area contributed by atoms with Gasteiger partial charge in [0.05, 0.1) is 17.8 Å². The second kappa shape index (κ2) is 5.62. The normalized spacial score (nSPS) is 17.1. The van der Waals surface area contributed by atoms with E-state index in [2.05, 4.69) is 24.0 Å². The van der Waals surface area contributed by atoms with Gasteiger partial charge >= 0.3 is 0 Å². The maximum absolute atomic E-state index is 5.90. The van der Waals surface area contributed by atoms with Gasteiger partial charge in [-0.3, -0.25) is 9.58 Å². The first-order valence-electron chi connectivity index (χ1n) is 5.85. The molecule has 0 bridgehead atoms. The third kappa shape index (κ3) is 3.06. The third-order valence-electron chi connectivity index (χ3n) is 3.69. The molecule has 0 aromatic carbocycles. The fourth-order valence-electron chi connectivity index (χ4n) is 1.89. The molecule has 0 aliphatic heterocycles. The highest BCUT2D eigenvalue weighted by molar-refractivity contribution is 5.05. The largest absolute Gasteiger partial charge is 0.380 e. The van der Waals surface area contributed by atoms with E-state index < -0.39 is 0 Å². The zero-order chi connectivity index (χ0) is 13.1. The molecule has 1 rings (SSSR count). The number of hydrogen-bond donors (Lipinski definition) is 1. The summed E-state index contributed by atoms with van der Waals surface area (Å²) in [5, 5.41) is 4.17. The predicted molar refractivity (Wildman–Crippen MR) is 68.6 cm³/mol. The minimum Gasteiger partial charge on any atom is -0.380 e. The Morgan fingerprint density at radius 2 is 2.29 bits per heavy atom. The van der Waals surface area contributed by atoms with E-state index in [1.165, 1.54) is 5.56 Å². The number of methoxy groups -OCH3 is 1. The highest BCUT2D eigenvalue weighted by Crippen LogP contribution is 2.21. The summed E-state index contributed by atoms with van der Waals surface area (Å²) in [6.45, 7) is 5.54. The van der Waals surface area contributed by atoms with Crippen molar-refractivity contribution in [3.8, 4) is 0 Å². The monoisotopic (exact) mass is 240 g/mol. The van der Waals surface area contributed by atoms with Crippen molar-refractivity contribution in [1.82, 2.24) is 14.7 Å². The maximum Gasteiger partial charge on any atom is 0.0736 e. The van der Waals surface area contributed by atoms with Crippen molar-refractivity contribution >= 4 is 0 Å². The lowest BCUT2D eigenvalue weighted by atomic mass is 9.93. The SMILES string of the molecule is COC(C)C(C)(CN)N(C)Cc1cnn(C)c1. The minimum absolute atomic E-state index is 0.0779. The first-order valence-corrected chi connectivity index (χ1v) is 5.85. The average molecular weight is 240 g/mol. The molecular weight excluding hydrogens is 216 g/mol. The molecule has 0 radical (unpaired) electrons. The molecule has 0 spiro atoms. The topological polar surface area (TPSA) is 56.3 Å². The fourth-order valence-corrected chi connectivity index (χ4v) is 1.89. The van der Waals surface area contributed by atoms with Gasteiger partial charge in [0.1, 0.15) is 0 Å². The van der Waals surface area contributed by atoms with E-state index in [-0.39, 0.29) is 11.6 Å². The summed E-state index contributed by atoms with van der Waals surface area (Å²) in [4.78, 5) is 2.22. The van der Waals surface area contributed by atoms with Crippen LogP contribution in [0.4, 0.5) is 0 Å². The van der Waals surface area contributed by atoms with Gasteiger partial charge in [-0.1, -0.05) is 0 Å². The summed E-state index contributed by atoms with van der Waals surface area (Å²) < 4.78 is 7.24. The Morgan fingerprint density at radius 1 is 1.65 bits per heavy atom. The highest BCUT2D eigenvalue weighted by Gasteiger charge is 2.34. The van der Waals surface area contributed by atoms with Crippen LogP contribution < -0.4 is 5.73 Å². The lowest BCUT2D eigenvalue weighted by Gasteiger charge is -2.41. The van der Waals surface area contributed by atoms with Crippen LogP contribution in [0.1, 0.15) is 19.4 Å². The number of aromatic nitrogens is 2. The molecule has 5 heteroatoms. The summed E-state index contributed by atoms with van der Waals surface area (Å²) in [5.41, 5.74) is 6.90. The minimum atomic E-state index is -0.176. The Balaban J connectivity index is 2.76. The van der Waals surface area contributed by atoms with Crippen LogP contribution in [-0.2, 0) is 18.3 Å². The van der Waals surface area contributed by atoms with Crippen LogP contribution >= 0.6 is 0 Å². The van der Waals surface area contributed by atoms with Gasteiger partial charge in [0.15, 0.2) is 0 Å². The zero-order valence-corrected chi connectivity index (χ0v) is 11.5. The van der Waals surface area contributed by atoms with Crippen molar-refractivity contribution in [2.45, 2.75) is 32.0 Å². The molecule has 1 aromatic rings. The smallest absolute Gasteiger partial charge is 0.0736 e. The first-order chi connectivity index (χ1) is 7.93. The van der Waals surface area contributed by atoms with Crippen molar-refractivity contribution in [2.75, 3.05) is 20.7 Å². The number of ether oxygens (including phenoxy) is 1.